The average molecular weight is 304 g/mol. The lowest BCUT2D eigenvalue weighted by atomic mass is 10.2. The Morgan fingerprint density at radius 1 is 1.38 bits per heavy atom. The number of hydrogen-bond acceptors (Lipinski definition) is 3. The lowest BCUT2D eigenvalue weighted by Crippen LogP contribution is -2.25. The molecule has 0 spiro atoms. The predicted octanol–water partition coefficient (Wildman–Crippen LogP) is 2.32. The molecule has 0 saturated carbocycles. The molecule has 5 heteroatoms. The number of hydrogen-bond donors (Lipinski definition) is 1. The van der Waals surface area contributed by atoms with Gasteiger partial charge in [-0.3, -0.25) is 4.21 Å². The van der Waals surface area contributed by atoms with Gasteiger partial charge < -0.3 is 10.5 Å². The molecule has 1 aliphatic heterocycles. The largest absolute Gasteiger partial charge is 0.398 e. The number of rotatable bonds is 2. The third-order valence-corrected chi connectivity index (χ3v) is 5.04. The van der Waals surface area contributed by atoms with Crippen molar-refractivity contribution in [1.29, 1.82) is 0 Å². The van der Waals surface area contributed by atoms with Gasteiger partial charge in [0.15, 0.2) is 0 Å². The van der Waals surface area contributed by atoms with Crippen LogP contribution in [0.15, 0.2) is 27.6 Å². The summed E-state index contributed by atoms with van der Waals surface area (Å²) in [5.74, 6) is 0. The summed E-state index contributed by atoms with van der Waals surface area (Å²) in [4.78, 5) is 0.745. The van der Waals surface area contributed by atoms with E-state index >= 15 is 0 Å². The molecule has 1 atom stereocenters. The molecule has 1 unspecified atom stereocenters. The third kappa shape index (κ3) is 2.64. The second-order valence-electron chi connectivity index (χ2n) is 3.79. The van der Waals surface area contributed by atoms with Gasteiger partial charge in [-0.2, -0.15) is 0 Å². The Bertz CT molecular complexity index is 405. The number of anilines is 1. The highest BCUT2D eigenvalue weighted by Crippen LogP contribution is 2.26. The maximum Gasteiger partial charge on any atom is 0.0621 e. The van der Waals surface area contributed by atoms with Crippen molar-refractivity contribution in [1.82, 2.24) is 0 Å². The van der Waals surface area contributed by atoms with Crippen LogP contribution in [0, 0.1) is 0 Å². The molecule has 16 heavy (non-hydrogen) atoms. The van der Waals surface area contributed by atoms with E-state index in [0.717, 1.165) is 22.2 Å². The Hall–Kier alpha value is -0.390. The van der Waals surface area contributed by atoms with E-state index in [4.69, 9.17) is 10.5 Å². The smallest absolute Gasteiger partial charge is 0.0621 e. The first-order valence-electron chi connectivity index (χ1n) is 5.22. The van der Waals surface area contributed by atoms with Gasteiger partial charge in [0, 0.05) is 28.6 Å². The molecule has 1 aliphatic rings. The Balaban J connectivity index is 2.19. The van der Waals surface area contributed by atoms with Crippen LogP contribution in [0.4, 0.5) is 5.69 Å². The van der Waals surface area contributed by atoms with Crippen molar-refractivity contribution in [3.63, 3.8) is 0 Å². The molecule has 1 aromatic rings. The molecule has 0 bridgehead atoms. The monoisotopic (exact) mass is 303 g/mol. The quantitative estimate of drug-likeness (QED) is 0.853. The fraction of sp³-hybridized carbons (Fsp3) is 0.455. The molecule has 1 fully saturated rings. The average Bonchev–Trinajstić information content (AvgIpc) is 2.29. The lowest BCUT2D eigenvalue weighted by molar-refractivity contribution is 0.0992. The molecule has 0 radical (unpaired) electrons. The number of benzene rings is 1. The topological polar surface area (TPSA) is 52.3 Å². The molecule has 0 aliphatic carbocycles. The number of halogens is 1. The van der Waals surface area contributed by atoms with Gasteiger partial charge in [0.1, 0.15) is 0 Å². The molecule has 1 heterocycles. The summed E-state index contributed by atoms with van der Waals surface area (Å²) < 4.78 is 18.5. The van der Waals surface area contributed by atoms with Crippen LogP contribution in [0.2, 0.25) is 0 Å². The normalized spacial score (nSPS) is 19.6. The summed E-state index contributed by atoms with van der Waals surface area (Å²) in [6, 6.07) is 5.51. The summed E-state index contributed by atoms with van der Waals surface area (Å²) in [6.45, 7) is 1.40. The molecule has 0 amide bonds. The lowest BCUT2D eigenvalue weighted by Gasteiger charge is -2.22. The Labute approximate surface area is 106 Å². The van der Waals surface area contributed by atoms with Gasteiger partial charge in [0.25, 0.3) is 0 Å². The van der Waals surface area contributed by atoms with Gasteiger partial charge >= 0.3 is 0 Å². The highest BCUT2D eigenvalue weighted by atomic mass is 79.9. The van der Waals surface area contributed by atoms with Crippen LogP contribution in [0.5, 0.6) is 0 Å². The van der Waals surface area contributed by atoms with E-state index in [1.165, 1.54) is 0 Å². The third-order valence-electron chi connectivity index (χ3n) is 2.66. The molecular formula is C11H14BrNO2S. The van der Waals surface area contributed by atoms with Gasteiger partial charge in [0.05, 0.1) is 15.7 Å². The van der Waals surface area contributed by atoms with Crippen LogP contribution < -0.4 is 5.73 Å². The first-order chi connectivity index (χ1) is 7.68. The van der Waals surface area contributed by atoms with E-state index in [9.17, 15) is 4.21 Å². The number of ether oxygens (including phenoxy) is 1. The molecular weight excluding hydrogens is 290 g/mol. The van der Waals surface area contributed by atoms with Crippen molar-refractivity contribution in [3.8, 4) is 0 Å². The van der Waals surface area contributed by atoms with E-state index in [2.05, 4.69) is 15.9 Å². The van der Waals surface area contributed by atoms with Crippen molar-refractivity contribution >= 4 is 32.4 Å². The summed E-state index contributed by atoms with van der Waals surface area (Å²) in [7, 11) is -1.02. The Morgan fingerprint density at radius 2 is 2.06 bits per heavy atom. The van der Waals surface area contributed by atoms with Gasteiger partial charge in [-0.25, -0.2) is 0 Å². The fourth-order valence-electron chi connectivity index (χ4n) is 1.77. The van der Waals surface area contributed by atoms with E-state index in [0.29, 0.717) is 18.9 Å². The summed E-state index contributed by atoms with van der Waals surface area (Å²) >= 11 is 3.34. The first-order valence-corrected chi connectivity index (χ1v) is 7.22. The molecule has 88 valence electrons. The molecule has 2 N–H and O–H groups in total. The van der Waals surface area contributed by atoms with Crippen molar-refractivity contribution in [3.05, 3.63) is 22.7 Å². The van der Waals surface area contributed by atoms with Crippen LogP contribution in [-0.2, 0) is 15.5 Å². The van der Waals surface area contributed by atoms with Gasteiger partial charge in [-0.05, 0) is 31.0 Å². The van der Waals surface area contributed by atoms with Crippen LogP contribution in [0.3, 0.4) is 0 Å². The Kier molecular flexibility index (Phi) is 4.00. The predicted molar refractivity (Wildman–Crippen MR) is 68.8 cm³/mol. The van der Waals surface area contributed by atoms with Crippen LogP contribution in [0.1, 0.15) is 12.8 Å². The molecule has 1 saturated heterocycles. The fourth-order valence-corrected chi connectivity index (χ4v) is 3.62. The van der Waals surface area contributed by atoms with Crippen molar-refractivity contribution in [2.24, 2.45) is 0 Å². The highest BCUT2D eigenvalue weighted by Gasteiger charge is 2.22. The van der Waals surface area contributed by atoms with Crippen molar-refractivity contribution in [2.45, 2.75) is 23.0 Å². The number of nitrogen functional groups attached to an aromatic ring is 1. The summed E-state index contributed by atoms with van der Waals surface area (Å²) in [5, 5.41) is 0.178. The second-order valence-corrected chi connectivity index (χ2v) is 6.41. The zero-order valence-corrected chi connectivity index (χ0v) is 11.2. The zero-order chi connectivity index (χ0) is 11.5. The van der Waals surface area contributed by atoms with Gasteiger partial charge in [-0.1, -0.05) is 15.9 Å². The molecule has 2 rings (SSSR count). The highest BCUT2D eigenvalue weighted by molar-refractivity contribution is 9.10. The first kappa shape index (κ1) is 12.1. The Morgan fingerprint density at radius 3 is 2.69 bits per heavy atom. The van der Waals surface area contributed by atoms with E-state index in [1.807, 2.05) is 12.1 Å². The maximum atomic E-state index is 12.3. The van der Waals surface area contributed by atoms with Gasteiger partial charge in [-0.15, -0.1) is 0 Å². The van der Waals surface area contributed by atoms with Crippen LogP contribution in [0.25, 0.3) is 0 Å². The van der Waals surface area contributed by atoms with E-state index in [-0.39, 0.29) is 5.25 Å². The molecule has 0 aromatic heterocycles. The van der Waals surface area contributed by atoms with Crippen molar-refractivity contribution in [2.75, 3.05) is 18.9 Å². The number of nitrogens with two attached hydrogens (primary N) is 1. The molecule has 1 aromatic carbocycles. The summed E-state index contributed by atoms with van der Waals surface area (Å²) in [5.41, 5.74) is 6.47. The van der Waals surface area contributed by atoms with Crippen molar-refractivity contribution < 1.29 is 8.95 Å². The minimum absolute atomic E-state index is 0.178. The van der Waals surface area contributed by atoms with Crippen LogP contribution >= 0.6 is 15.9 Å². The second kappa shape index (κ2) is 5.29. The van der Waals surface area contributed by atoms with Crippen LogP contribution in [-0.4, -0.2) is 22.7 Å². The maximum absolute atomic E-state index is 12.3. The van der Waals surface area contributed by atoms with Gasteiger partial charge in [0.2, 0.25) is 0 Å². The zero-order valence-electron chi connectivity index (χ0n) is 8.82. The minimum Gasteiger partial charge on any atom is -0.398 e. The minimum atomic E-state index is -1.02. The molecule has 3 nitrogen and oxygen atoms in total. The van der Waals surface area contributed by atoms with E-state index < -0.39 is 10.8 Å². The summed E-state index contributed by atoms with van der Waals surface area (Å²) in [6.07, 6.45) is 1.70. The standard InChI is InChI=1S/C11H14BrNO2S/c12-8-1-2-11(10(13)7-8)16(14)9-3-5-15-6-4-9/h1-2,7,9H,3-6,13H2. The van der Waals surface area contributed by atoms with E-state index in [1.54, 1.807) is 6.07 Å². The SMILES string of the molecule is Nc1cc(Br)ccc1S(=O)C1CCOCC1.